The molecule has 0 bridgehead atoms. The van der Waals surface area contributed by atoms with Gasteiger partial charge < -0.3 is 90.5 Å². The zero-order chi connectivity index (χ0) is 61.0. The topological polar surface area (TPSA) is 518 Å². The molecule has 1 aromatic rings. The van der Waals surface area contributed by atoms with E-state index in [0.717, 1.165) is 0 Å². The molecular formula is C48H80N14O17S. The molecule has 32 heteroatoms. The lowest BCUT2D eigenvalue weighted by atomic mass is 9.96. The second-order valence-corrected chi connectivity index (χ2v) is 20.6. The normalized spacial score (nSPS) is 15.3. The lowest BCUT2D eigenvalue weighted by Crippen LogP contribution is -2.62. The zero-order valence-electron chi connectivity index (χ0n) is 45.8. The van der Waals surface area contributed by atoms with Crippen LogP contribution in [0.5, 0.6) is 0 Å². The number of aliphatic hydroxyl groups excluding tert-OH is 2. The van der Waals surface area contributed by atoms with Crippen LogP contribution in [0, 0.1) is 17.8 Å². The van der Waals surface area contributed by atoms with Gasteiger partial charge in [-0.05, 0) is 55.4 Å². The summed E-state index contributed by atoms with van der Waals surface area (Å²) in [7, 11) is 0. The second-order valence-electron chi connectivity index (χ2n) is 19.6. The first kappa shape index (κ1) is 70.6. The number of amides is 11. The molecule has 0 aliphatic rings. The van der Waals surface area contributed by atoms with Gasteiger partial charge in [0.05, 0.1) is 26.0 Å². The van der Waals surface area contributed by atoms with Crippen LogP contribution in [-0.2, 0) is 68.7 Å². The molecule has 0 unspecified atom stereocenters. The molecule has 0 spiro atoms. The fraction of sp³-hybridized carbons (Fsp3) is 0.667. The molecule has 450 valence electrons. The molecule has 80 heavy (non-hydrogen) atoms. The molecule has 1 aromatic heterocycles. The number of nitrogens with one attached hydrogen (secondary N) is 10. The summed E-state index contributed by atoms with van der Waals surface area (Å²) in [6, 6.07) is -15.4. The molecule has 0 aliphatic heterocycles. The maximum atomic E-state index is 14.2. The number of hydrogen-bond acceptors (Lipinski definition) is 18. The van der Waals surface area contributed by atoms with Gasteiger partial charge in [0.25, 0.3) is 0 Å². The van der Waals surface area contributed by atoms with Gasteiger partial charge in [0.15, 0.2) is 0 Å². The van der Waals surface area contributed by atoms with E-state index in [0.29, 0.717) is 5.69 Å². The van der Waals surface area contributed by atoms with Gasteiger partial charge in [-0.2, -0.15) is 11.8 Å². The number of primary amides is 2. The van der Waals surface area contributed by atoms with E-state index in [1.165, 1.54) is 31.2 Å². The Balaban J connectivity index is 3.54. The van der Waals surface area contributed by atoms with Crippen LogP contribution in [0.4, 0.5) is 0 Å². The number of hydrogen-bond donors (Lipinski definition) is 17. The molecular weight excluding hydrogens is 1080 g/mol. The number of aromatic nitrogens is 2. The Bertz CT molecular complexity index is 2290. The van der Waals surface area contributed by atoms with Crippen molar-refractivity contribution in [2.75, 3.05) is 25.2 Å². The van der Waals surface area contributed by atoms with Crippen LogP contribution >= 0.6 is 11.8 Å². The largest absolute Gasteiger partial charge is 0.481 e. The van der Waals surface area contributed by atoms with Crippen molar-refractivity contribution in [2.24, 2.45) is 35.0 Å². The lowest BCUT2D eigenvalue weighted by molar-refractivity contribution is -0.143. The van der Waals surface area contributed by atoms with Crippen LogP contribution in [0.3, 0.4) is 0 Å². The Labute approximate surface area is 466 Å². The number of imidazole rings is 1. The van der Waals surface area contributed by atoms with Crippen LogP contribution in [0.1, 0.15) is 98.6 Å². The van der Waals surface area contributed by atoms with Crippen molar-refractivity contribution in [1.82, 2.24) is 57.8 Å². The van der Waals surface area contributed by atoms with Crippen LogP contribution in [-0.4, -0.2) is 193 Å². The number of aromatic amines is 1. The van der Waals surface area contributed by atoms with Crippen molar-refractivity contribution in [1.29, 1.82) is 0 Å². The summed E-state index contributed by atoms with van der Waals surface area (Å²) in [5.41, 5.74) is 16.5. The molecule has 0 saturated heterocycles. The Morgan fingerprint density at radius 1 is 0.575 bits per heavy atom. The molecule has 1 rings (SSSR count). The van der Waals surface area contributed by atoms with Gasteiger partial charge in [0.1, 0.15) is 60.4 Å². The molecule has 31 nitrogen and oxygen atoms in total. The van der Waals surface area contributed by atoms with E-state index in [9.17, 15) is 82.8 Å². The van der Waals surface area contributed by atoms with Gasteiger partial charge >= 0.3 is 11.9 Å². The Hall–Kier alpha value is -7.45. The highest BCUT2D eigenvalue weighted by Gasteiger charge is 2.37. The number of nitrogens with zero attached hydrogens (tertiary/aromatic N) is 1. The predicted octanol–water partition coefficient (Wildman–Crippen LogP) is -5.78. The average molecular weight is 1160 g/mol. The van der Waals surface area contributed by atoms with Crippen molar-refractivity contribution in [3.05, 3.63) is 18.2 Å². The first-order valence-corrected chi connectivity index (χ1v) is 27.1. The van der Waals surface area contributed by atoms with Crippen molar-refractivity contribution < 1.29 is 82.8 Å². The zero-order valence-corrected chi connectivity index (χ0v) is 46.6. The molecule has 11 amide bonds. The Kier molecular flexibility index (Phi) is 31.7. The van der Waals surface area contributed by atoms with Gasteiger partial charge in [0.2, 0.25) is 65.0 Å². The smallest absolute Gasteiger partial charge is 0.326 e. The van der Waals surface area contributed by atoms with Crippen LogP contribution in [0.15, 0.2) is 12.5 Å². The molecule has 0 aromatic carbocycles. The number of aliphatic hydroxyl groups is 2. The van der Waals surface area contributed by atoms with E-state index in [1.807, 2.05) is 0 Å². The van der Waals surface area contributed by atoms with Crippen LogP contribution < -0.4 is 65.1 Å². The number of thioether (sulfide) groups is 1. The molecule has 11 atom stereocenters. The highest BCUT2D eigenvalue weighted by atomic mass is 32.2. The number of carbonyl (C=O) groups is 13. The van der Waals surface area contributed by atoms with Gasteiger partial charge in [-0.25, -0.2) is 9.78 Å². The number of aliphatic carboxylic acids is 2. The molecule has 0 aliphatic carbocycles. The van der Waals surface area contributed by atoms with E-state index in [-0.39, 0.29) is 37.4 Å². The standard InChI is InChI=1S/C48H80N14O17S/c1-8-24(6)38(62-42(72)28(10-12-36(67)68)54-45(75)33(20-64)60-46(76)37(23(4)5)61-39(69)26(49)19-63)47(77)56-27(9-11-34(50)65)40(70)57-30(15-22(2)3)43(73)55-29(13-14-80-7)41(71)58-31(16-25-18-52-21-53-25)44(74)59-32(48(78)79)17-35(51)66/h18,21-24,26-33,37-38,63-64H,8-17,19-20,49H2,1-7H3,(H2,50,65)(H2,51,66)(H,52,53)(H,54,75)(H,55,73)(H,56,77)(H,57,70)(H,58,71)(H,59,74)(H,60,76)(H,61,69)(H,62,72)(H,67,68)(H,78,79)/t24-,26-,27-,28-,29-,30-,31-,32-,33-,37-,38-/m0/s1. The minimum atomic E-state index is -1.77. The summed E-state index contributed by atoms with van der Waals surface area (Å²) in [6.45, 7) is 7.90. The molecule has 0 fully saturated rings. The third kappa shape index (κ3) is 25.6. The fourth-order valence-corrected chi connectivity index (χ4v) is 7.91. The first-order chi connectivity index (χ1) is 37.5. The Morgan fingerprint density at radius 2 is 1.04 bits per heavy atom. The maximum absolute atomic E-state index is 14.2. The first-order valence-electron chi connectivity index (χ1n) is 25.7. The number of nitrogens with two attached hydrogens (primary N) is 3. The SMILES string of the molecule is CC[C@H](C)[C@H](NC(=O)[C@H](CCC(=O)O)NC(=O)[C@H](CO)NC(=O)[C@@H](NC(=O)[C@@H](N)CO)C(C)C)C(=O)N[C@@H](CCC(N)=O)C(=O)N[C@@H](CC(C)C)C(=O)N[C@@H](CCSC)C(=O)N[C@@H](Cc1cnc[nH]1)C(=O)N[C@@H](CC(N)=O)C(=O)O. The van der Waals surface area contributed by atoms with Gasteiger partial charge in [-0.3, -0.25) is 57.5 Å². The van der Waals surface area contributed by atoms with E-state index in [4.69, 9.17) is 17.2 Å². The van der Waals surface area contributed by atoms with Gasteiger partial charge in [-0.1, -0.05) is 48.0 Å². The van der Waals surface area contributed by atoms with Crippen LogP contribution in [0.25, 0.3) is 0 Å². The number of carboxylic acids is 2. The summed E-state index contributed by atoms with van der Waals surface area (Å²) in [6.07, 6.45) is 1.25. The number of carboxylic acid groups (broad SMARTS) is 2. The van der Waals surface area contributed by atoms with E-state index >= 15 is 0 Å². The monoisotopic (exact) mass is 1160 g/mol. The van der Waals surface area contributed by atoms with E-state index in [1.54, 1.807) is 40.9 Å². The molecule has 0 saturated carbocycles. The van der Waals surface area contributed by atoms with E-state index in [2.05, 4.69) is 57.8 Å². The fourth-order valence-electron chi connectivity index (χ4n) is 7.44. The predicted molar refractivity (Wildman–Crippen MR) is 285 cm³/mol. The summed E-state index contributed by atoms with van der Waals surface area (Å²) < 4.78 is 0. The maximum Gasteiger partial charge on any atom is 0.326 e. The van der Waals surface area contributed by atoms with Crippen molar-refractivity contribution in [3.63, 3.8) is 0 Å². The van der Waals surface area contributed by atoms with Gasteiger partial charge in [0, 0.05) is 31.2 Å². The number of carbonyl (C=O) groups excluding carboxylic acids is 11. The van der Waals surface area contributed by atoms with Crippen molar-refractivity contribution in [2.45, 2.75) is 160 Å². The number of H-pyrrole nitrogens is 1. The van der Waals surface area contributed by atoms with Crippen LogP contribution in [0.2, 0.25) is 0 Å². The third-order valence-electron chi connectivity index (χ3n) is 12.2. The second kappa shape index (κ2) is 35.9. The molecule has 1 heterocycles. The molecule has 0 radical (unpaired) electrons. The highest BCUT2D eigenvalue weighted by Crippen LogP contribution is 2.14. The lowest BCUT2D eigenvalue weighted by Gasteiger charge is -2.30. The van der Waals surface area contributed by atoms with Crippen molar-refractivity contribution in [3.8, 4) is 0 Å². The summed E-state index contributed by atoms with van der Waals surface area (Å²) in [5.74, 6) is -15.3. The summed E-state index contributed by atoms with van der Waals surface area (Å²) >= 11 is 1.30. The quantitative estimate of drug-likeness (QED) is 0.0292. The minimum absolute atomic E-state index is 0.0271. The third-order valence-corrected chi connectivity index (χ3v) is 12.8. The number of rotatable bonds is 39. The molecule has 20 N–H and O–H groups in total. The summed E-state index contributed by atoms with van der Waals surface area (Å²) in [4.78, 5) is 177. The minimum Gasteiger partial charge on any atom is -0.481 e. The summed E-state index contributed by atoms with van der Waals surface area (Å²) in [5, 5.41) is 60.2. The average Bonchev–Trinajstić information content (AvgIpc) is 3.91. The van der Waals surface area contributed by atoms with E-state index < -0.39 is 194 Å². The van der Waals surface area contributed by atoms with Gasteiger partial charge in [-0.15, -0.1) is 0 Å². The highest BCUT2D eigenvalue weighted by molar-refractivity contribution is 7.98. The Morgan fingerprint density at radius 3 is 1.51 bits per heavy atom. The van der Waals surface area contributed by atoms with Crippen molar-refractivity contribution >= 4 is 88.7 Å².